The molecule has 2 aliphatic heterocycles. The number of benzene rings is 2. The zero-order valence-electron chi connectivity index (χ0n) is 26.3. The Morgan fingerprint density at radius 3 is 1.27 bits per heavy atom. The van der Waals surface area contributed by atoms with Crippen molar-refractivity contribution in [3.63, 3.8) is 0 Å². The van der Waals surface area contributed by atoms with Gasteiger partial charge in [0.15, 0.2) is 0 Å². The third-order valence-electron chi connectivity index (χ3n) is 8.48. The highest BCUT2D eigenvalue weighted by molar-refractivity contribution is 5.94. The van der Waals surface area contributed by atoms with Crippen molar-refractivity contribution in [2.75, 3.05) is 0 Å². The van der Waals surface area contributed by atoms with Gasteiger partial charge in [0.1, 0.15) is 0 Å². The molecule has 0 unspecified atom stereocenters. The summed E-state index contributed by atoms with van der Waals surface area (Å²) in [4.78, 5) is 17.5. The van der Waals surface area contributed by atoms with Crippen molar-refractivity contribution < 1.29 is 0 Å². The molecule has 0 saturated carbocycles. The van der Waals surface area contributed by atoms with Gasteiger partial charge >= 0.3 is 0 Å². The maximum absolute atomic E-state index is 5.08. The number of rotatable bonds is 2. The fraction of sp³-hybridized carbons (Fsp3) is 0.200. The third-order valence-corrected chi connectivity index (χ3v) is 8.48. The first kappa shape index (κ1) is 27.8. The van der Waals surface area contributed by atoms with Crippen molar-refractivity contribution in [2.45, 2.75) is 52.4 Å². The van der Waals surface area contributed by atoms with Crippen molar-refractivity contribution in [1.29, 1.82) is 0 Å². The zero-order valence-corrected chi connectivity index (χ0v) is 26.3. The summed E-state index contributed by atoms with van der Waals surface area (Å²) in [6.45, 7) is 13.5. The van der Waals surface area contributed by atoms with Crippen LogP contribution in [-0.4, -0.2) is 19.9 Å². The van der Waals surface area contributed by atoms with Gasteiger partial charge in [-0.2, -0.15) is 0 Å². The van der Waals surface area contributed by atoms with Crippen LogP contribution in [0.15, 0.2) is 84.9 Å². The first-order valence-corrected chi connectivity index (χ1v) is 15.3. The Balaban J connectivity index is 1.47. The number of nitrogens with one attached hydrogen (secondary N) is 2. The van der Waals surface area contributed by atoms with Gasteiger partial charge in [-0.05, 0) is 93.8 Å². The highest BCUT2D eigenvalue weighted by Gasteiger charge is 2.18. The summed E-state index contributed by atoms with van der Waals surface area (Å²) in [5.41, 5.74) is 14.9. The lowest BCUT2D eigenvalue weighted by molar-refractivity contribution is 0.590. The van der Waals surface area contributed by atoms with Crippen LogP contribution in [0.3, 0.4) is 0 Å². The van der Waals surface area contributed by atoms with E-state index in [9.17, 15) is 0 Å². The minimum Gasteiger partial charge on any atom is -0.355 e. The monoisotopic (exact) mass is 574 g/mol. The van der Waals surface area contributed by atoms with Gasteiger partial charge in [0, 0.05) is 33.2 Å². The molecule has 0 radical (unpaired) electrons. The molecule has 3 aromatic heterocycles. The van der Waals surface area contributed by atoms with Crippen LogP contribution in [0.1, 0.15) is 75.4 Å². The van der Waals surface area contributed by atoms with Crippen LogP contribution < -0.4 is 0 Å². The van der Waals surface area contributed by atoms with Crippen LogP contribution in [0.5, 0.6) is 0 Å². The van der Waals surface area contributed by atoms with Crippen LogP contribution >= 0.6 is 0 Å². The van der Waals surface area contributed by atoms with Gasteiger partial charge in [-0.15, -0.1) is 0 Å². The second-order valence-corrected chi connectivity index (χ2v) is 13.9. The smallest absolute Gasteiger partial charge is 0.0737 e. The molecule has 0 saturated heterocycles. The molecule has 0 fully saturated rings. The van der Waals surface area contributed by atoms with Crippen molar-refractivity contribution >= 4 is 46.4 Å². The summed E-state index contributed by atoms with van der Waals surface area (Å²) in [5, 5.41) is 0. The Hall–Kier alpha value is -4.96. The molecular weight excluding hydrogens is 536 g/mol. The van der Waals surface area contributed by atoms with Crippen LogP contribution in [-0.2, 0) is 10.8 Å². The second-order valence-electron chi connectivity index (χ2n) is 13.9. The predicted octanol–water partition coefficient (Wildman–Crippen LogP) is 10.6. The molecule has 2 aliphatic rings. The van der Waals surface area contributed by atoms with Gasteiger partial charge in [0.25, 0.3) is 0 Å². The maximum atomic E-state index is 5.08. The van der Waals surface area contributed by atoms with Crippen molar-refractivity contribution in [3.05, 3.63) is 119 Å². The topological polar surface area (TPSA) is 57.4 Å². The van der Waals surface area contributed by atoms with Crippen molar-refractivity contribution in [3.8, 4) is 22.3 Å². The van der Waals surface area contributed by atoms with E-state index in [1.54, 1.807) is 0 Å². The summed E-state index contributed by atoms with van der Waals surface area (Å²) in [6, 6.07) is 30.6. The van der Waals surface area contributed by atoms with Gasteiger partial charge in [-0.1, -0.05) is 90.1 Å². The zero-order chi connectivity index (χ0) is 30.6. The minimum atomic E-state index is 0.0853. The SMILES string of the molecule is CC(C)(C)c1ccc(-c2c3nc(cc4ccc([nH]4)c(-c4ccc(C(C)(C)C)cc4)c4ccc(cc5nc2C=C5)[nH]4)C=C3)cc1. The van der Waals surface area contributed by atoms with E-state index in [4.69, 9.17) is 9.97 Å². The van der Waals surface area contributed by atoms with E-state index in [0.29, 0.717) is 0 Å². The number of fused-ring (bicyclic) bond motifs is 8. The predicted molar refractivity (Wildman–Crippen MR) is 187 cm³/mol. The Labute approximate surface area is 259 Å². The molecule has 4 heteroatoms. The van der Waals surface area contributed by atoms with Crippen LogP contribution in [0.2, 0.25) is 0 Å². The van der Waals surface area contributed by atoms with Gasteiger partial charge in [-0.25, -0.2) is 9.97 Å². The molecule has 0 amide bonds. The summed E-state index contributed by atoms with van der Waals surface area (Å²) in [6.07, 6.45) is 8.37. The highest BCUT2D eigenvalue weighted by Crippen LogP contribution is 2.34. The summed E-state index contributed by atoms with van der Waals surface area (Å²) in [5.74, 6) is 0. The first-order chi connectivity index (χ1) is 21.0. The van der Waals surface area contributed by atoms with Gasteiger partial charge < -0.3 is 9.97 Å². The first-order valence-electron chi connectivity index (χ1n) is 15.3. The Kier molecular flexibility index (Phi) is 6.55. The molecule has 0 atom stereocenters. The molecule has 2 N–H and O–H groups in total. The summed E-state index contributed by atoms with van der Waals surface area (Å²) >= 11 is 0. The lowest BCUT2D eigenvalue weighted by Crippen LogP contribution is -2.10. The molecule has 8 bridgehead atoms. The van der Waals surface area contributed by atoms with Crippen molar-refractivity contribution in [1.82, 2.24) is 19.9 Å². The van der Waals surface area contributed by atoms with E-state index in [0.717, 1.165) is 67.1 Å². The Bertz CT molecular complexity index is 2010. The normalized spacial score (nSPS) is 13.0. The number of hydrogen-bond acceptors (Lipinski definition) is 2. The van der Waals surface area contributed by atoms with E-state index < -0.39 is 0 Å². The molecule has 218 valence electrons. The molecule has 0 aliphatic carbocycles. The molecule has 5 heterocycles. The highest BCUT2D eigenvalue weighted by atomic mass is 14.8. The molecular formula is C40H38N4. The average molecular weight is 575 g/mol. The standard InChI is InChI=1S/C40H38N4/c1-39(2,3)27-11-7-25(8-12-27)37-33-19-15-29(41-33)23-31-17-21-35(43-31)38(26-9-13-28(14-10-26)40(4,5)6)36-22-18-32(44-36)24-30-16-20-34(37)42-30/h7-24,41-42H,1-6H3. The Morgan fingerprint density at radius 2 is 0.864 bits per heavy atom. The van der Waals surface area contributed by atoms with Crippen molar-refractivity contribution in [2.24, 2.45) is 0 Å². The number of aromatic nitrogens is 4. The van der Waals surface area contributed by atoms with Gasteiger partial charge in [-0.3, -0.25) is 0 Å². The molecule has 44 heavy (non-hydrogen) atoms. The van der Waals surface area contributed by atoms with Gasteiger partial charge in [0.05, 0.1) is 22.8 Å². The van der Waals surface area contributed by atoms with E-state index in [1.807, 2.05) is 0 Å². The number of nitrogens with zero attached hydrogens (tertiary/aromatic N) is 2. The van der Waals surface area contributed by atoms with E-state index >= 15 is 0 Å². The molecule has 5 aromatic rings. The lowest BCUT2D eigenvalue weighted by Gasteiger charge is -2.19. The quantitative estimate of drug-likeness (QED) is 0.216. The third kappa shape index (κ3) is 5.33. The number of hydrogen-bond donors (Lipinski definition) is 2. The van der Waals surface area contributed by atoms with Crippen LogP contribution in [0.25, 0.3) is 68.6 Å². The number of H-pyrrole nitrogens is 2. The minimum absolute atomic E-state index is 0.0853. The largest absolute Gasteiger partial charge is 0.355 e. The van der Waals surface area contributed by atoms with Gasteiger partial charge in [0.2, 0.25) is 0 Å². The van der Waals surface area contributed by atoms with E-state index in [1.165, 1.54) is 11.1 Å². The lowest BCUT2D eigenvalue weighted by atomic mass is 9.86. The Morgan fingerprint density at radius 1 is 0.455 bits per heavy atom. The average Bonchev–Trinajstić information content (AvgIpc) is 3.79. The summed E-state index contributed by atoms with van der Waals surface area (Å²) < 4.78 is 0. The van der Waals surface area contributed by atoms with Crippen LogP contribution in [0.4, 0.5) is 0 Å². The fourth-order valence-corrected chi connectivity index (χ4v) is 5.95. The summed E-state index contributed by atoms with van der Waals surface area (Å²) in [7, 11) is 0. The van der Waals surface area contributed by atoms with E-state index in [-0.39, 0.29) is 10.8 Å². The molecule has 0 spiro atoms. The molecule has 4 nitrogen and oxygen atoms in total. The van der Waals surface area contributed by atoms with E-state index in [2.05, 4.69) is 161 Å². The second kappa shape index (κ2) is 10.3. The maximum Gasteiger partial charge on any atom is 0.0737 e. The van der Waals surface area contributed by atoms with Crippen LogP contribution in [0, 0.1) is 0 Å². The fourth-order valence-electron chi connectivity index (χ4n) is 5.95. The molecule has 2 aromatic carbocycles. The number of aromatic amines is 2. The molecule has 7 rings (SSSR count).